The molecule has 6 heteroatoms. The first-order chi connectivity index (χ1) is 9.15. The quantitative estimate of drug-likeness (QED) is 0.639. The van der Waals surface area contributed by atoms with Crippen molar-refractivity contribution in [1.82, 2.24) is 5.32 Å². The molecule has 0 aromatic heterocycles. The number of anilines is 1. The van der Waals surface area contributed by atoms with Crippen molar-refractivity contribution in [3.63, 3.8) is 0 Å². The minimum atomic E-state index is -0.454. The highest BCUT2D eigenvalue weighted by molar-refractivity contribution is 8.00. The molecule has 0 spiro atoms. The second kappa shape index (κ2) is 6.77. The lowest BCUT2D eigenvalue weighted by molar-refractivity contribution is -0.119. The highest BCUT2D eigenvalue weighted by Crippen LogP contribution is 2.21. The summed E-state index contributed by atoms with van der Waals surface area (Å²) in [6.45, 7) is 1.33. The van der Waals surface area contributed by atoms with Crippen LogP contribution in [0.3, 0.4) is 0 Å². The average molecular weight is 284 g/mol. The molecule has 1 aromatic carbocycles. The van der Waals surface area contributed by atoms with Gasteiger partial charge in [0, 0.05) is 18.0 Å². The fourth-order valence-electron chi connectivity index (χ4n) is 1.83. The van der Waals surface area contributed by atoms with E-state index in [1.807, 2.05) is 0 Å². The molecule has 1 unspecified atom stereocenters. The Bertz CT molecular complexity index is 450. The normalized spacial score (nSPS) is 18.5. The van der Waals surface area contributed by atoms with E-state index in [1.165, 1.54) is 23.9 Å². The molecule has 1 saturated heterocycles. The summed E-state index contributed by atoms with van der Waals surface area (Å²) in [5.74, 6) is -0.265. The summed E-state index contributed by atoms with van der Waals surface area (Å²) in [6, 6.07) is 4.55. The molecule has 0 aliphatic carbocycles. The van der Waals surface area contributed by atoms with E-state index >= 15 is 0 Å². The SMILES string of the molecule is Nc1ccc(SCC(=O)NCC2CCCO2)cc1F. The Morgan fingerprint density at radius 3 is 3.11 bits per heavy atom. The molecule has 1 fully saturated rings. The number of halogens is 1. The van der Waals surface area contributed by atoms with Gasteiger partial charge in [0.25, 0.3) is 0 Å². The number of amides is 1. The first-order valence-electron chi connectivity index (χ1n) is 6.21. The van der Waals surface area contributed by atoms with Crippen LogP contribution in [0.25, 0.3) is 0 Å². The van der Waals surface area contributed by atoms with E-state index in [0.717, 1.165) is 19.4 Å². The van der Waals surface area contributed by atoms with Crippen molar-refractivity contribution in [2.45, 2.75) is 23.8 Å². The van der Waals surface area contributed by atoms with Gasteiger partial charge < -0.3 is 15.8 Å². The van der Waals surface area contributed by atoms with Gasteiger partial charge in [-0.15, -0.1) is 11.8 Å². The van der Waals surface area contributed by atoms with Gasteiger partial charge in [-0.1, -0.05) is 0 Å². The van der Waals surface area contributed by atoms with Gasteiger partial charge in [0.1, 0.15) is 5.82 Å². The minimum Gasteiger partial charge on any atom is -0.396 e. The van der Waals surface area contributed by atoms with Crippen LogP contribution < -0.4 is 11.1 Å². The summed E-state index contributed by atoms with van der Waals surface area (Å²) in [4.78, 5) is 12.3. The Labute approximate surface area is 115 Å². The molecular weight excluding hydrogens is 267 g/mol. The van der Waals surface area contributed by atoms with Crippen LogP contribution in [-0.4, -0.2) is 30.9 Å². The molecule has 1 aromatic rings. The maximum atomic E-state index is 13.2. The zero-order chi connectivity index (χ0) is 13.7. The standard InChI is InChI=1S/C13H17FN2O2S/c14-11-6-10(3-4-12(11)15)19-8-13(17)16-7-9-2-1-5-18-9/h3-4,6,9H,1-2,5,7-8,15H2,(H,16,17). The second-order valence-corrected chi connectivity index (χ2v) is 5.46. The summed E-state index contributed by atoms with van der Waals surface area (Å²) >= 11 is 1.29. The van der Waals surface area contributed by atoms with Gasteiger partial charge in [-0.3, -0.25) is 4.79 Å². The highest BCUT2D eigenvalue weighted by atomic mass is 32.2. The van der Waals surface area contributed by atoms with Crippen LogP contribution in [0.4, 0.5) is 10.1 Å². The van der Waals surface area contributed by atoms with Gasteiger partial charge in [-0.25, -0.2) is 4.39 Å². The Morgan fingerprint density at radius 2 is 2.42 bits per heavy atom. The van der Waals surface area contributed by atoms with Gasteiger partial charge in [0.05, 0.1) is 17.5 Å². The summed E-state index contributed by atoms with van der Waals surface area (Å²) in [6.07, 6.45) is 2.19. The Balaban J connectivity index is 1.71. The second-order valence-electron chi connectivity index (χ2n) is 4.41. The van der Waals surface area contributed by atoms with Crippen LogP contribution in [0, 0.1) is 5.82 Å². The molecule has 1 aliphatic heterocycles. The predicted octanol–water partition coefficient (Wildman–Crippen LogP) is 1.80. The van der Waals surface area contributed by atoms with Crippen molar-refractivity contribution in [3.05, 3.63) is 24.0 Å². The molecule has 0 bridgehead atoms. The van der Waals surface area contributed by atoms with Crippen molar-refractivity contribution >= 4 is 23.4 Å². The lowest BCUT2D eigenvalue weighted by Gasteiger charge is -2.10. The third-order valence-corrected chi connectivity index (χ3v) is 3.89. The molecule has 4 nitrogen and oxygen atoms in total. The van der Waals surface area contributed by atoms with E-state index in [-0.39, 0.29) is 23.5 Å². The number of thioether (sulfide) groups is 1. The Morgan fingerprint density at radius 1 is 1.58 bits per heavy atom. The molecule has 1 atom stereocenters. The van der Waals surface area contributed by atoms with Gasteiger partial charge in [-0.2, -0.15) is 0 Å². The van der Waals surface area contributed by atoms with E-state index in [9.17, 15) is 9.18 Å². The van der Waals surface area contributed by atoms with E-state index < -0.39 is 5.82 Å². The molecular formula is C13H17FN2O2S. The van der Waals surface area contributed by atoms with E-state index in [0.29, 0.717) is 11.4 Å². The summed E-state index contributed by atoms with van der Waals surface area (Å²) in [5.41, 5.74) is 5.50. The monoisotopic (exact) mass is 284 g/mol. The lowest BCUT2D eigenvalue weighted by Crippen LogP contribution is -2.32. The number of benzene rings is 1. The van der Waals surface area contributed by atoms with Crippen LogP contribution in [0.15, 0.2) is 23.1 Å². The Kier molecular flexibility index (Phi) is 5.04. The molecule has 1 amide bonds. The topological polar surface area (TPSA) is 64.4 Å². The smallest absolute Gasteiger partial charge is 0.230 e. The molecule has 104 valence electrons. The number of nitrogen functional groups attached to an aromatic ring is 1. The number of ether oxygens (including phenoxy) is 1. The number of carbonyl (C=O) groups is 1. The van der Waals surface area contributed by atoms with Crippen LogP contribution >= 0.6 is 11.8 Å². The van der Waals surface area contributed by atoms with Crippen LogP contribution in [0.1, 0.15) is 12.8 Å². The fraction of sp³-hybridized carbons (Fsp3) is 0.462. The van der Waals surface area contributed by atoms with E-state index in [2.05, 4.69) is 5.32 Å². The van der Waals surface area contributed by atoms with Gasteiger partial charge in [0.2, 0.25) is 5.91 Å². The number of rotatable bonds is 5. The van der Waals surface area contributed by atoms with Crippen LogP contribution in [0.2, 0.25) is 0 Å². The molecule has 0 saturated carbocycles. The molecule has 3 N–H and O–H groups in total. The third kappa shape index (κ3) is 4.40. The van der Waals surface area contributed by atoms with Crippen LogP contribution in [-0.2, 0) is 9.53 Å². The third-order valence-electron chi connectivity index (χ3n) is 2.89. The molecule has 0 radical (unpaired) electrons. The zero-order valence-electron chi connectivity index (χ0n) is 10.5. The fourth-order valence-corrected chi connectivity index (χ4v) is 2.58. The van der Waals surface area contributed by atoms with Gasteiger partial charge in [0.15, 0.2) is 0 Å². The molecule has 1 heterocycles. The highest BCUT2D eigenvalue weighted by Gasteiger charge is 2.16. The van der Waals surface area contributed by atoms with Crippen molar-refractivity contribution in [2.75, 3.05) is 24.6 Å². The van der Waals surface area contributed by atoms with Crippen molar-refractivity contribution < 1.29 is 13.9 Å². The molecule has 19 heavy (non-hydrogen) atoms. The van der Waals surface area contributed by atoms with Crippen molar-refractivity contribution in [1.29, 1.82) is 0 Å². The van der Waals surface area contributed by atoms with Crippen molar-refractivity contribution in [3.8, 4) is 0 Å². The van der Waals surface area contributed by atoms with E-state index in [1.54, 1.807) is 6.07 Å². The molecule has 1 aliphatic rings. The summed E-state index contributed by atoms with van der Waals surface area (Å²) in [7, 11) is 0. The largest absolute Gasteiger partial charge is 0.396 e. The molecule has 2 rings (SSSR count). The number of nitrogens with two attached hydrogens (primary N) is 1. The Hall–Kier alpha value is -1.27. The number of hydrogen-bond acceptors (Lipinski definition) is 4. The minimum absolute atomic E-state index is 0.0715. The van der Waals surface area contributed by atoms with Gasteiger partial charge >= 0.3 is 0 Å². The summed E-state index contributed by atoms with van der Waals surface area (Å²) < 4.78 is 18.6. The zero-order valence-corrected chi connectivity index (χ0v) is 11.3. The average Bonchev–Trinajstić information content (AvgIpc) is 2.91. The first kappa shape index (κ1) is 14.1. The predicted molar refractivity (Wildman–Crippen MR) is 73.5 cm³/mol. The van der Waals surface area contributed by atoms with Crippen LogP contribution in [0.5, 0.6) is 0 Å². The first-order valence-corrected chi connectivity index (χ1v) is 7.20. The number of nitrogens with one attached hydrogen (secondary N) is 1. The van der Waals surface area contributed by atoms with Gasteiger partial charge in [-0.05, 0) is 31.0 Å². The summed E-state index contributed by atoms with van der Waals surface area (Å²) in [5, 5.41) is 2.82. The maximum Gasteiger partial charge on any atom is 0.230 e. The number of hydrogen-bond donors (Lipinski definition) is 2. The van der Waals surface area contributed by atoms with Crippen molar-refractivity contribution in [2.24, 2.45) is 0 Å². The van der Waals surface area contributed by atoms with E-state index in [4.69, 9.17) is 10.5 Å². The lowest BCUT2D eigenvalue weighted by atomic mass is 10.2. The number of carbonyl (C=O) groups excluding carboxylic acids is 1. The maximum absolute atomic E-state index is 13.2.